The lowest BCUT2D eigenvalue weighted by atomic mass is 10.1. The summed E-state index contributed by atoms with van der Waals surface area (Å²) >= 11 is 1.25. The summed E-state index contributed by atoms with van der Waals surface area (Å²) in [5.41, 5.74) is 0. The number of anilines is 1. The maximum absolute atomic E-state index is 10.5. The Labute approximate surface area is 84.7 Å². The zero-order valence-electron chi connectivity index (χ0n) is 7.46. The van der Waals surface area contributed by atoms with Crippen molar-refractivity contribution in [3.05, 3.63) is 0 Å². The van der Waals surface area contributed by atoms with Crippen molar-refractivity contribution in [2.45, 2.75) is 12.8 Å². The van der Waals surface area contributed by atoms with Gasteiger partial charge in [-0.3, -0.25) is 4.79 Å². The lowest BCUT2D eigenvalue weighted by Crippen LogP contribution is -2.20. The molecule has 76 valence electrons. The van der Waals surface area contributed by atoms with Gasteiger partial charge in [0.2, 0.25) is 5.13 Å². The van der Waals surface area contributed by atoms with Crippen molar-refractivity contribution in [1.29, 1.82) is 0 Å². The van der Waals surface area contributed by atoms with Crippen LogP contribution in [0.1, 0.15) is 12.8 Å². The van der Waals surface area contributed by atoms with Crippen LogP contribution in [0, 0.1) is 5.92 Å². The van der Waals surface area contributed by atoms with Gasteiger partial charge in [0, 0.05) is 31.0 Å². The van der Waals surface area contributed by atoms with Crippen LogP contribution in [0.3, 0.4) is 0 Å². The van der Waals surface area contributed by atoms with Gasteiger partial charge in [0.05, 0.1) is 0 Å². The molecule has 7 heteroatoms. The zero-order valence-corrected chi connectivity index (χ0v) is 8.27. The number of aliphatic carboxylic acids is 1. The summed E-state index contributed by atoms with van der Waals surface area (Å²) in [5, 5.41) is 16.8. The molecule has 1 N–H and O–H groups in total. The molecule has 1 unspecified atom stereocenters. The number of hydrogen-bond donors (Lipinski definition) is 1. The first-order valence-corrected chi connectivity index (χ1v) is 5.15. The summed E-state index contributed by atoms with van der Waals surface area (Å²) in [6.07, 6.45) is 1.15. The highest BCUT2D eigenvalue weighted by Crippen LogP contribution is 2.25. The number of nitrogens with zero attached hydrogens (tertiary/aromatic N) is 4. The number of carbonyl (C=O) groups is 1. The molecule has 0 aliphatic carbocycles. The first kappa shape index (κ1) is 9.32. The molecule has 2 rings (SSSR count). The van der Waals surface area contributed by atoms with E-state index in [0.29, 0.717) is 0 Å². The standard InChI is InChI=1S/C7H10N4O2S/c12-6(13)3-5-1-2-11(4-5)7-8-9-10-14-7/h5H,1-4H2,(H,12,13). The molecule has 0 spiro atoms. The van der Waals surface area contributed by atoms with Gasteiger partial charge in [0.15, 0.2) is 0 Å². The van der Waals surface area contributed by atoms with E-state index in [-0.39, 0.29) is 12.3 Å². The Bertz CT molecular complexity index is 315. The van der Waals surface area contributed by atoms with Gasteiger partial charge < -0.3 is 10.0 Å². The van der Waals surface area contributed by atoms with Gasteiger partial charge in [-0.15, -0.1) is 0 Å². The largest absolute Gasteiger partial charge is 0.481 e. The Hall–Kier alpha value is -1.24. The SMILES string of the molecule is O=C(O)CC1CCN(c2nnns2)C1. The van der Waals surface area contributed by atoms with E-state index in [0.717, 1.165) is 24.6 Å². The fourth-order valence-corrected chi connectivity index (χ4v) is 2.17. The molecule has 0 bridgehead atoms. The van der Waals surface area contributed by atoms with Crippen molar-refractivity contribution in [3.63, 3.8) is 0 Å². The minimum absolute atomic E-state index is 0.233. The maximum atomic E-state index is 10.5. The third-order valence-corrected chi connectivity index (χ3v) is 2.97. The number of carboxylic acid groups (broad SMARTS) is 1. The van der Waals surface area contributed by atoms with Crippen molar-refractivity contribution in [1.82, 2.24) is 14.8 Å². The minimum atomic E-state index is -0.729. The van der Waals surface area contributed by atoms with Crippen LogP contribution < -0.4 is 4.90 Å². The molecule has 6 nitrogen and oxygen atoms in total. The Balaban J connectivity index is 1.92. The van der Waals surface area contributed by atoms with Gasteiger partial charge in [-0.25, -0.2) is 0 Å². The Morgan fingerprint density at radius 2 is 2.57 bits per heavy atom. The summed E-state index contributed by atoms with van der Waals surface area (Å²) in [6, 6.07) is 0. The van der Waals surface area contributed by atoms with Crippen LogP contribution >= 0.6 is 11.5 Å². The van der Waals surface area contributed by atoms with Gasteiger partial charge in [-0.1, -0.05) is 9.59 Å². The van der Waals surface area contributed by atoms with Crippen molar-refractivity contribution < 1.29 is 9.90 Å². The lowest BCUT2D eigenvalue weighted by Gasteiger charge is -2.12. The summed E-state index contributed by atoms with van der Waals surface area (Å²) < 4.78 is 3.68. The molecule has 1 saturated heterocycles. The van der Waals surface area contributed by atoms with Crippen LogP contribution in [-0.2, 0) is 4.79 Å². The Morgan fingerprint density at radius 1 is 1.71 bits per heavy atom. The van der Waals surface area contributed by atoms with Crippen molar-refractivity contribution in [2.75, 3.05) is 18.0 Å². The van der Waals surface area contributed by atoms with Crippen LogP contribution in [0.4, 0.5) is 5.13 Å². The summed E-state index contributed by atoms with van der Waals surface area (Å²) in [5.74, 6) is -0.497. The van der Waals surface area contributed by atoms with E-state index in [2.05, 4.69) is 14.8 Å². The second kappa shape index (κ2) is 3.87. The third-order valence-electron chi connectivity index (χ3n) is 2.31. The molecule has 1 aromatic heterocycles. The van der Waals surface area contributed by atoms with Crippen LogP contribution in [0.2, 0.25) is 0 Å². The quantitative estimate of drug-likeness (QED) is 0.776. The van der Waals surface area contributed by atoms with E-state index < -0.39 is 5.97 Å². The number of aromatic nitrogens is 3. The topological polar surface area (TPSA) is 79.2 Å². The van der Waals surface area contributed by atoms with Gasteiger partial charge in [0.1, 0.15) is 0 Å². The maximum Gasteiger partial charge on any atom is 0.303 e. The second-order valence-electron chi connectivity index (χ2n) is 3.34. The van der Waals surface area contributed by atoms with Gasteiger partial charge in [0.25, 0.3) is 0 Å². The van der Waals surface area contributed by atoms with Crippen LogP contribution in [0.5, 0.6) is 0 Å². The molecule has 14 heavy (non-hydrogen) atoms. The van der Waals surface area contributed by atoms with E-state index in [9.17, 15) is 4.79 Å². The zero-order chi connectivity index (χ0) is 9.97. The average Bonchev–Trinajstić information content (AvgIpc) is 2.69. The molecule has 0 amide bonds. The Morgan fingerprint density at radius 3 is 3.21 bits per heavy atom. The second-order valence-corrected chi connectivity index (χ2v) is 4.05. The third kappa shape index (κ3) is 1.98. The Kier molecular flexibility index (Phi) is 2.58. The van der Waals surface area contributed by atoms with E-state index in [1.807, 2.05) is 4.90 Å². The van der Waals surface area contributed by atoms with Crippen molar-refractivity contribution >= 4 is 22.6 Å². The van der Waals surface area contributed by atoms with Crippen molar-refractivity contribution in [3.8, 4) is 0 Å². The molecule has 1 atom stereocenters. The number of hydrogen-bond acceptors (Lipinski definition) is 6. The van der Waals surface area contributed by atoms with Gasteiger partial charge in [-0.05, 0) is 17.6 Å². The fourth-order valence-electron chi connectivity index (χ4n) is 1.67. The normalized spacial score (nSPS) is 21.4. The molecular weight excluding hydrogens is 204 g/mol. The molecular formula is C7H10N4O2S. The van der Waals surface area contributed by atoms with Crippen molar-refractivity contribution in [2.24, 2.45) is 5.92 Å². The molecule has 1 aliphatic rings. The van der Waals surface area contributed by atoms with Gasteiger partial charge >= 0.3 is 5.97 Å². The monoisotopic (exact) mass is 214 g/mol. The van der Waals surface area contributed by atoms with Gasteiger partial charge in [-0.2, -0.15) is 0 Å². The van der Waals surface area contributed by atoms with E-state index in [4.69, 9.17) is 5.11 Å². The predicted octanol–water partition coefficient (Wildman–Crippen LogP) is 0.234. The van der Waals surface area contributed by atoms with E-state index in [1.165, 1.54) is 11.5 Å². The summed E-state index contributed by atoms with van der Waals surface area (Å²) in [4.78, 5) is 12.5. The first-order chi connectivity index (χ1) is 6.75. The first-order valence-electron chi connectivity index (χ1n) is 4.37. The molecule has 0 aromatic carbocycles. The smallest absolute Gasteiger partial charge is 0.303 e. The summed E-state index contributed by atoms with van der Waals surface area (Å²) in [7, 11) is 0. The highest BCUT2D eigenvalue weighted by Gasteiger charge is 2.26. The summed E-state index contributed by atoms with van der Waals surface area (Å²) in [6.45, 7) is 1.61. The lowest BCUT2D eigenvalue weighted by molar-refractivity contribution is -0.137. The molecule has 2 heterocycles. The molecule has 1 aromatic rings. The molecule has 1 fully saturated rings. The number of carboxylic acids is 1. The molecule has 0 radical (unpaired) electrons. The highest BCUT2D eigenvalue weighted by atomic mass is 32.1. The number of rotatable bonds is 3. The minimum Gasteiger partial charge on any atom is -0.481 e. The molecule has 0 saturated carbocycles. The fraction of sp³-hybridized carbons (Fsp3) is 0.714. The van der Waals surface area contributed by atoms with Crippen LogP contribution in [0.25, 0.3) is 0 Å². The van der Waals surface area contributed by atoms with E-state index in [1.54, 1.807) is 0 Å². The average molecular weight is 214 g/mol. The van der Waals surface area contributed by atoms with Crippen LogP contribution in [0.15, 0.2) is 0 Å². The van der Waals surface area contributed by atoms with Crippen LogP contribution in [-0.4, -0.2) is 39.0 Å². The van der Waals surface area contributed by atoms with E-state index >= 15 is 0 Å². The predicted molar refractivity (Wildman–Crippen MR) is 50.3 cm³/mol. The highest BCUT2D eigenvalue weighted by molar-refractivity contribution is 7.09. The molecule has 1 aliphatic heterocycles.